The maximum atomic E-state index is 13.3. The van der Waals surface area contributed by atoms with E-state index in [0.29, 0.717) is 0 Å². The summed E-state index contributed by atoms with van der Waals surface area (Å²) in [6, 6.07) is 9.67. The Balaban J connectivity index is 1.75. The van der Waals surface area contributed by atoms with Crippen LogP contribution >= 0.6 is 0 Å². The Bertz CT molecular complexity index is 880. The van der Waals surface area contributed by atoms with Crippen LogP contribution in [0.1, 0.15) is 46.9 Å². The van der Waals surface area contributed by atoms with E-state index in [2.05, 4.69) is 15.2 Å². The molecule has 5 heteroatoms. The van der Waals surface area contributed by atoms with E-state index in [4.69, 9.17) is 0 Å². The lowest BCUT2D eigenvalue weighted by atomic mass is 9.96. The number of rotatable bonds is 2. The maximum absolute atomic E-state index is 13.3. The number of likely N-dealkylation sites (tertiary alicyclic amines) is 1. The van der Waals surface area contributed by atoms with Crippen molar-refractivity contribution in [3.63, 3.8) is 0 Å². The topological polar surface area (TPSA) is 61.9 Å². The molecule has 0 saturated carbocycles. The fraction of sp³-hybridized carbons (Fsp3) is 0.316. The molecule has 0 bridgehead atoms. The number of hydrogen-bond acceptors (Lipinski definition) is 3. The van der Waals surface area contributed by atoms with Crippen molar-refractivity contribution in [2.45, 2.75) is 32.2 Å². The molecule has 122 valence electrons. The van der Waals surface area contributed by atoms with E-state index < -0.39 is 0 Å². The smallest absolute Gasteiger partial charge is 0.255 e. The molecule has 1 saturated heterocycles. The van der Waals surface area contributed by atoms with Gasteiger partial charge in [0.05, 0.1) is 23.4 Å². The van der Waals surface area contributed by atoms with Gasteiger partial charge in [-0.25, -0.2) is 0 Å². The summed E-state index contributed by atoms with van der Waals surface area (Å²) in [5, 5.41) is 8.15. The summed E-state index contributed by atoms with van der Waals surface area (Å²) in [5.41, 5.74) is 3.75. The van der Waals surface area contributed by atoms with Gasteiger partial charge in [0, 0.05) is 23.7 Å². The minimum atomic E-state index is 0.0701. The number of aromatic amines is 1. The molecule has 3 heterocycles. The third-order valence-corrected chi connectivity index (χ3v) is 4.84. The van der Waals surface area contributed by atoms with E-state index in [9.17, 15) is 4.79 Å². The summed E-state index contributed by atoms with van der Waals surface area (Å²) in [7, 11) is 0. The van der Waals surface area contributed by atoms with Crippen molar-refractivity contribution in [1.82, 2.24) is 20.1 Å². The summed E-state index contributed by atoms with van der Waals surface area (Å²) < 4.78 is 0. The number of fused-ring (bicyclic) bond motifs is 1. The number of aryl methyl sites for hydroxylation is 1. The molecule has 24 heavy (non-hydrogen) atoms. The molecule has 4 rings (SSSR count). The number of hydrogen-bond donors (Lipinski definition) is 1. The minimum absolute atomic E-state index is 0.0701. The average Bonchev–Trinajstić information content (AvgIpc) is 3.06. The van der Waals surface area contributed by atoms with Crippen LogP contribution in [0, 0.1) is 6.92 Å². The third-order valence-electron chi connectivity index (χ3n) is 4.84. The molecule has 1 N–H and O–H groups in total. The lowest BCUT2D eigenvalue weighted by Crippen LogP contribution is -2.39. The lowest BCUT2D eigenvalue weighted by Gasteiger charge is -2.35. The molecule has 5 nitrogen and oxygen atoms in total. The van der Waals surface area contributed by atoms with Crippen LogP contribution in [0.4, 0.5) is 0 Å². The van der Waals surface area contributed by atoms with Gasteiger partial charge in [-0.15, -0.1) is 0 Å². The zero-order valence-corrected chi connectivity index (χ0v) is 13.7. The van der Waals surface area contributed by atoms with Crippen LogP contribution in [0.5, 0.6) is 0 Å². The molecule has 0 spiro atoms. The molecular formula is C19H20N4O. The normalized spacial score (nSPS) is 18.0. The van der Waals surface area contributed by atoms with Crippen molar-refractivity contribution in [1.29, 1.82) is 0 Å². The Morgan fingerprint density at radius 2 is 2.17 bits per heavy atom. The van der Waals surface area contributed by atoms with E-state index in [1.807, 2.05) is 48.4 Å². The highest BCUT2D eigenvalue weighted by molar-refractivity contribution is 6.06. The molecule has 1 atom stereocenters. The largest absolute Gasteiger partial charge is 0.330 e. The van der Waals surface area contributed by atoms with Crippen molar-refractivity contribution in [3.05, 3.63) is 59.5 Å². The molecule has 0 aliphatic carbocycles. The summed E-state index contributed by atoms with van der Waals surface area (Å²) in [6.45, 7) is 2.82. The highest BCUT2D eigenvalue weighted by Crippen LogP contribution is 2.33. The van der Waals surface area contributed by atoms with E-state index in [1.54, 1.807) is 6.20 Å². The van der Waals surface area contributed by atoms with Crippen molar-refractivity contribution >= 4 is 16.8 Å². The van der Waals surface area contributed by atoms with Crippen molar-refractivity contribution in [2.24, 2.45) is 0 Å². The molecule has 1 aliphatic heterocycles. The van der Waals surface area contributed by atoms with Crippen LogP contribution in [0.15, 0.2) is 42.7 Å². The predicted molar refractivity (Wildman–Crippen MR) is 92.7 cm³/mol. The Morgan fingerprint density at radius 3 is 3.00 bits per heavy atom. The SMILES string of the molecule is Cc1cn[nH]c1[C@H]1CCCCN1C(=O)c1cccc2ncccc12. The van der Waals surface area contributed by atoms with E-state index in [-0.39, 0.29) is 11.9 Å². The number of amides is 1. The number of nitrogens with one attached hydrogen (secondary N) is 1. The Labute approximate surface area is 140 Å². The molecule has 0 unspecified atom stereocenters. The molecule has 1 aromatic carbocycles. The second kappa shape index (κ2) is 6.07. The van der Waals surface area contributed by atoms with Gasteiger partial charge in [-0.3, -0.25) is 14.9 Å². The third kappa shape index (κ3) is 2.46. The first-order chi connectivity index (χ1) is 11.8. The van der Waals surface area contributed by atoms with Crippen LogP contribution in [0.3, 0.4) is 0 Å². The van der Waals surface area contributed by atoms with Gasteiger partial charge in [0.15, 0.2) is 0 Å². The number of piperidine rings is 1. The van der Waals surface area contributed by atoms with Crippen LogP contribution in [-0.2, 0) is 0 Å². The van der Waals surface area contributed by atoms with Gasteiger partial charge < -0.3 is 4.90 Å². The zero-order valence-electron chi connectivity index (χ0n) is 13.7. The van der Waals surface area contributed by atoms with E-state index >= 15 is 0 Å². The van der Waals surface area contributed by atoms with Gasteiger partial charge in [-0.05, 0) is 49.9 Å². The standard InChI is InChI=1S/C19H20N4O/c1-13-12-21-22-18(13)17-9-2-3-11-23(17)19(24)15-6-4-8-16-14(15)7-5-10-20-16/h4-8,10,12,17H,2-3,9,11H2,1H3,(H,21,22)/t17-/m1/s1. The minimum Gasteiger partial charge on any atom is -0.330 e. The van der Waals surface area contributed by atoms with Gasteiger partial charge >= 0.3 is 0 Å². The van der Waals surface area contributed by atoms with Gasteiger partial charge in [0.25, 0.3) is 5.91 Å². The van der Waals surface area contributed by atoms with Crippen molar-refractivity contribution in [2.75, 3.05) is 6.54 Å². The summed E-state index contributed by atoms with van der Waals surface area (Å²) in [6.07, 6.45) is 6.73. The second-order valence-electron chi connectivity index (χ2n) is 6.35. The molecule has 2 aromatic heterocycles. The fourth-order valence-corrected chi connectivity index (χ4v) is 3.61. The number of benzene rings is 1. The average molecular weight is 320 g/mol. The van der Waals surface area contributed by atoms with Crippen molar-refractivity contribution < 1.29 is 4.79 Å². The summed E-state index contributed by atoms with van der Waals surface area (Å²) in [5.74, 6) is 0.0762. The van der Waals surface area contributed by atoms with Crippen LogP contribution in [0.25, 0.3) is 10.9 Å². The summed E-state index contributed by atoms with van der Waals surface area (Å²) in [4.78, 5) is 19.7. The number of H-pyrrole nitrogens is 1. The molecule has 3 aromatic rings. The first-order valence-electron chi connectivity index (χ1n) is 8.40. The predicted octanol–water partition coefficient (Wildman–Crippen LogP) is 3.63. The van der Waals surface area contributed by atoms with Gasteiger partial charge in [-0.1, -0.05) is 12.1 Å². The highest BCUT2D eigenvalue weighted by Gasteiger charge is 2.31. The number of aromatic nitrogens is 3. The number of carbonyl (C=O) groups excluding carboxylic acids is 1. The summed E-state index contributed by atoms with van der Waals surface area (Å²) >= 11 is 0. The Hall–Kier alpha value is -2.69. The zero-order chi connectivity index (χ0) is 16.5. The van der Waals surface area contributed by atoms with E-state index in [0.717, 1.165) is 53.5 Å². The Kier molecular flexibility index (Phi) is 3.76. The first kappa shape index (κ1) is 14.9. The number of nitrogens with zero attached hydrogens (tertiary/aromatic N) is 3. The van der Waals surface area contributed by atoms with Gasteiger partial charge in [0.1, 0.15) is 0 Å². The lowest BCUT2D eigenvalue weighted by molar-refractivity contribution is 0.0607. The maximum Gasteiger partial charge on any atom is 0.255 e. The highest BCUT2D eigenvalue weighted by atomic mass is 16.2. The Morgan fingerprint density at radius 1 is 1.25 bits per heavy atom. The molecule has 1 fully saturated rings. The first-order valence-corrected chi connectivity index (χ1v) is 8.40. The van der Waals surface area contributed by atoms with Crippen LogP contribution < -0.4 is 0 Å². The van der Waals surface area contributed by atoms with Gasteiger partial charge in [0.2, 0.25) is 0 Å². The molecule has 1 aliphatic rings. The van der Waals surface area contributed by atoms with Gasteiger partial charge in [-0.2, -0.15) is 5.10 Å². The quantitative estimate of drug-likeness (QED) is 0.784. The van der Waals surface area contributed by atoms with Crippen molar-refractivity contribution in [3.8, 4) is 0 Å². The fourth-order valence-electron chi connectivity index (χ4n) is 3.61. The number of carbonyl (C=O) groups is 1. The van der Waals surface area contributed by atoms with Crippen LogP contribution in [0.2, 0.25) is 0 Å². The molecule has 1 amide bonds. The number of pyridine rings is 1. The molecule has 0 radical (unpaired) electrons. The molecular weight excluding hydrogens is 300 g/mol. The van der Waals surface area contributed by atoms with Crippen LogP contribution in [-0.4, -0.2) is 32.5 Å². The van der Waals surface area contributed by atoms with E-state index in [1.165, 1.54) is 0 Å². The second-order valence-corrected chi connectivity index (χ2v) is 6.35. The monoisotopic (exact) mass is 320 g/mol.